The average molecular weight is 260 g/mol. The topological polar surface area (TPSA) is 123 Å². The Hall–Kier alpha value is -2.32. The highest BCUT2D eigenvalue weighted by atomic mass is 16.3. The molecule has 0 fully saturated rings. The number of pyridine rings is 1. The largest absolute Gasteiger partial charge is 0.394 e. The van der Waals surface area contributed by atoms with Gasteiger partial charge in [0, 0.05) is 0 Å². The van der Waals surface area contributed by atoms with Crippen molar-refractivity contribution >= 4 is 28.0 Å². The number of hydrogen-bond donors (Lipinski definition) is 3. The number of nitrogens with two attached hydrogens (primary N) is 1. The number of fused-ring (bicyclic) bond motifs is 2. The van der Waals surface area contributed by atoms with Gasteiger partial charge in [-0.1, -0.05) is 0 Å². The van der Waals surface area contributed by atoms with Crippen LogP contribution in [0.15, 0.2) is 18.7 Å². The minimum absolute atomic E-state index is 0.214. The lowest BCUT2D eigenvalue weighted by molar-refractivity contribution is 0.0820. The average Bonchev–Trinajstić information content (AvgIpc) is 2.80. The number of aromatic nitrogens is 5. The summed E-state index contributed by atoms with van der Waals surface area (Å²) >= 11 is 0. The predicted octanol–water partition coefficient (Wildman–Crippen LogP) is -0.690. The van der Waals surface area contributed by atoms with E-state index >= 15 is 0 Å². The minimum atomic E-state index is -0.856. The predicted molar refractivity (Wildman–Crippen MR) is 68.1 cm³/mol. The van der Waals surface area contributed by atoms with E-state index in [1.165, 1.54) is 6.33 Å². The second-order valence-corrected chi connectivity index (χ2v) is 4.19. The number of nitrogens with zero attached hydrogens (tertiary/aromatic N) is 5. The van der Waals surface area contributed by atoms with Crippen LogP contribution in [-0.4, -0.2) is 47.4 Å². The van der Waals surface area contributed by atoms with Crippen LogP contribution in [-0.2, 0) is 6.54 Å². The lowest BCUT2D eigenvalue weighted by atomic mass is 10.3. The molecule has 0 aliphatic rings. The Kier molecular flexibility index (Phi) is 2.73. The zero-order valence-electron chi connectivity index (χ0n) is 9.93. The molecule has 0 aromatic carbocycles. The van der Waals surface area contributed by atoms with E-state index in [4.69, 9.17) is 10.8 Å². The summed E-state index contributed by atoms with van der Waals surface area (Å²) in [6, 6.07) is 1.76. The lowest BCUT2D eigenvalue weighted by Crippen LogP contribution is -2.19. The van der Waals surface area contributed by atoms with Crippen molar-refractivity contribution in [2.24, 2.45) is 0 Å². The Bertz CT molecular complexity index is 740. The Labute approximate surface area is 107 Å². The van der Waals surface area contributed by atoms with Gasteiger partial charge in [0.25, 0.3) is 0 Å². The number of anilines is 1. The highest BCUT2D eigenvalue weighted by Gasteiger charge is 2.11. The summed E-state index contributed by atoms with van der Waals surface area (Å²) in [5.74, 6) is 0.351. The Morgan fingerprint density at radius 1 is 1.32 bits per heavy atom. The Morgan fingerprint density at radius 2 is 2.16 bits per heavy atom. The molecule has 3 rings (SSSR count). The van der Waals surface area contributed by atoms with Crippen LogP contribution >= 0.6 is 0 Å². The first-order valence-electron chi connectivity index (χ1n) is 5.70. The van der Waals surface area contributed by atoms with Gasteiger partial charge in [-0.15, -0.1) is 0 Å². The fourth-order valence-electron chi connectivity index (χ4n) is 1.90. The van der Waals surface area contributed by atoms with Gasteiger partial charge in [-0.2, -0.15) is 0 Å². The molecule has 3 heterocycles. The maximum atomic E-state index is 9.47. The van der Waals surface area contributed by atoms with E-state index < -0.39 is 6.10 Å². The van der Waals surface area contributed by atoms with Gasteiger partial charge in [0.2, 0.25) is 0 Å². The normalized spacial score (nSPS) is 13.2. The van der Waals surface area contributed by atoms with Gasteiger partial charge >= 0.3 is 0 Å². The monoisotopic (exact) mass is 260 g/mol. The van der Waals surface area contributed by atoms with Crippen LogP contribution in [0.25, 0.3) is 22.2 Å². The molecule has 0 saturated carbocycles. The summed E-state index contributed by atoms with van der Waals surface area (Å²) in [6.07, 6.45) is 2.05. The number of nitrogen functional groups attached to an aromatic ring is 1. The first kappa shape index (κ1) is 11.8. The third-order valence-electron chi connectivity index (χ3n) is 2.84. The van der Waals surface area contributed by atoms with Crippen molar-refractivity contribution in [2.45, 2.75) is 12.6 Å². The van der Waals surface area contributed by atoms with E-state index in [-0.39, 0.29) is 13.2 Å². The van der Waals surface area contributed by atoms with Gasteiger partial charge in [0.1, 0.15) is 17.7 Å². The number of rotatable bonds is 3. The number of imidazole rings is 1. The first-order valence-corrected chi connectivity index (χ1v) is 5.70. The standard InChI is InChI=1S/C11H12N6O2/c12-9-7-1-8-11(16-10(7)14-4-13-9)17(5-15-8)2-6(19)3-18/h1,4-6,18-19H,2-3H2,(H2,12,13,14,16)/t6-/m0/s1. The molecule has 3 aromatic heterocycles. The second-order valence-electron chi connectivity index (χ2n) is 4.19. The molecule has 0 spiro atoms. The van der Waals surface area contributed by atoms with Crippen LogP contribution in [0.3, 0.4) is 0 Å². The first-order chi connectivity index (χ1) is 9.19. The van der Waals surface area contributed by atoms with Gasteiger partial charge in [-0.25, -0.2) is 19.9 Å². The molecule has 3 aromatic rings. The zero-order valence-corrected chi connectivity index (χ0v) is 9.93. The number of hydrogen-bond acceptors (Lipinski definition) is 7. The molecule has 8 heteroatoms. The summed E-state index contributed by atoms with van der Waals surface area (Å²) in [5, 5.41) is 19.0. The summed E-state index contributed by atoms with van der Waals surface area (Å²) in [6.45, 7) is -0.103. The van der Waals surface area contributed by atoms with E-state index in [1.54, 1.807) is 17.0 Å². The van der Waals surface area contributed by atoms with E-state index in [2.05, 4.69) is 19.9 Å². The smallest absolute Gasteiger partial charge is 0.167 e. The number of aliphatic hydroxyl groups is 2. The van der Waals surface area contributed by atoms with Crippen LogP contribution in [0.2, 0.25) is 0 Å². The van der Waals surface area contributed by atoms with E-state index in [1.807, 2.05) is 0 Å². The van der Waals surface area contributed by atoms with Gasteiger partial charge in [0.05, 0.1) is 31.0 Å². The third kappa shape index (κ3) is 1.96. The quantitative estimate of drug-likeness (QED) is 0.569. The van der Waals surface area contributed by atoms with Crippen molar-refractivity contribution in [1.29, 1.82) is 0 Å². The molecule has 0 bridgehead atoms. The summed E-state index contributed by atoms with van der Waals surface area (Å²) < 4.78 is 1.66. The van der Waals surface area contributed by atoms with Gasteiger partial charge in [0.15, 0.2) is 11.3 Å². The summed E-state index contributed by atoms with van der Waals surface area (Å²) in [4.78, 5) is 16.5. The highest BCUT2D eigenvalue weighted by Crippen LogP contribution is 2.20. The molecule has 0 aliphatic heterocycles. The van der Waals surface area contributed by atoms with Crippen molar-refractivity contribution < 1.29 is 10.2 Å². The number of aliphatic hydroxyl groups excluding tert-OH is 2. The molecule has 0 amide bonds. The minimum Gasteiger partial charge on any atom is -0.394 e. The molecule has 98 valence electrons. The van der Waals surface area contributed by atoms with Crippen LogP contribution in [0.1, 0.15) is 0 Å². The maximum absolute atomic E-state index is 9.47. The molecular weight excluding hydrogens is 248 g/mol. The third-order valence-corrected chi connectivity index (χ3v) is 2.84. The fourth-order valence-corrected chi connectivity index (χ4v) is 1.90. The lowest BCUT2D eigenvalue weighted by Gasteiger charge is -2.08. The van der Waals surface area contributed by atoms with Crippen LogP contribution in [0, 0.1) is 0 Å². The molecule has 4 N–H and O–H groups in total. The van der Waals surface area contributed by atoms with Crippen molar-refractivity contribution in [3.05, 3.63) is 18.7 Å². The van der Waals surface area contributed by atoms with E-state index in [0.717, 1.165) is 0 Å². The molecule has 0 aliphatic carbocycles. The fraction of sp³-hybridized carbons (Fsp3) is 0.273. The molecular formula is C11H12N6O2. The van der Waals surface area contributed by atoms with E-state index in [9.17, 15) is 5.11 Å². The molecule has 8 nitrogen and oxygen atoms in total. The molecule has 1 atom stereocenters. The van der Waals surface area contributed by atoms with Crippen molar-refractivity contribution in [3.8, 4) is 0 Å². The summed E-state index contributed by atoms with van der Waals surface area (Å²) in [7, 11) is 0. The summed E-state index contributed by atoms with van der Waals surface area (Å²) in [5.41, 5.74) is 7.45. The SMILES string of the molecule is Nc1ncnc2nc3c(cc12)ncn3C[C@H](O)CO. The zero-order chi connectivity index (χ0) is 13.4. The maximum Gasteiger partial charge on any atom is 0.167 e. The van der Waals surface area contributed by atoms with Crippen molar-refractivity contribution in [3.63, 3.8) is 0 Å². The van der Waals surface area contributed by atoms with Crippen molar-refractivity contribution in [1.82, 2.24) is 24.5 Å². The molecule has 0 radical (unpaired) electrons. The molecule has 0 unspecified atom stereocenters. The van der Waals surface area contributed by atoms with Gasteiger partial charge < -0.3 is 20.5 Å². The molecule has 19 heavy (non-hydrogen) atoms. The Balaban J connectivity index is 2.18. The van der Waals surface area contributed by atoms with Gasteiger partial charge in [-0.05, 0) is 6.07 Å². The van der Waals surface area contributed by atoms with E-state index in [0.29, 0.717) is 28.0 Å². The van der Waals surface area contributed by atoms with Crippen LogP contribution in [0.4, 0.5) is 5.82 Å². The van der Waals surface area contributed by atoms with Crippen LogP contribution in [0.5, 0.6) is 0 Å². The van der Waals surface area contributed by atoms with Crippen LogP contribution < -0.4 is 5.73 Å². The van der Waals surface area contributed by atoms with Gasteiger partial charge in [-0.3, -0.25) is 0 Å². The second kappa shape index (κ2) is 4.41. The molecule has 0 saturated heterocycles. The van der Waals surface area contributed by atoms with Crippen molar-refractivity contribution in [2.75, 3.05) is 12.3 Å². The Morgan fingerprint density at radius 3 is 2.95 bits per heavy atom. The highest BCUT2D eigenvalue weighted by molar-refractivity contribution is 5.93.